The highest BCUT2D eigenvalue weighted by molar-refractivity contribution is 14.1. The lowest BCUT2D eigenvalue weighted by molar-refractivity contribution is 0.208. The van der Waals surface area contributed by atoms with Gasteiger partial charge in [-0.2, -0.15) is 0 Å². The molecule has 0 amide bonds. The third kappa shape index (κ3) is 3.13. The van der Waals surface area contributed by atoms with Crippen LogP contribution in [-0.2, 0) is 0 Å². The van der Waals surface area contributed by atoms with Gasteiger partial charge in [0, 0.05) is 0 Å². The number of nitrogens with zero attached hydrogens (tertiary/aromatic N) is 1. The van der Waals surface area contributed by atoms with E-state index in [0.29, 0.717) is 11.4 Å². The molecular formula is C8H19B2IN2. The van der Waals surface area contributed by atoms with Crippen LogP contribution in [-0.4, -0.2) is 28.9 Å². The van der Waals surface area contributed by atoms with Gasteiger partial charge in [-0.25, -0.2) is 0 Å². The van der Waals surface area contributed by atoms with Crippen LogP contribution in [0.25, 0.3) is 0 Å². The van der Waals surface area contributed by atoms with E-state index in [2.05, 4.69) is 67.6 Å². The van der Waals surface area contributed by atoms with Crippen molar-refractivity contribution in [2.75, 3.05) is 0 Å². The molecule has 0 radical (unpaired) electrons. The largest absolute Gasteiger partial charge is 0.283 e. The van der Waals surface area contributed by atoms with Crippen molar-refractivity contribution < 1.29 is 0 Å². The molecule has 0 aromatic carbocycles. The first-order valence-corrected chi connectivity index (χ1v) is 6.02. The molecule has 1 atom stereocenters. The first-order valence-electron chi connectivity index (χ1n) is 4.94. The Morgan fingerprint density at radius 1 is 1.23 bits per heavy atom. The predicted octanol–water partition coefficient (Wildman–Crippen LogP) is 1.05. The Bertz CT molecular complexity index is 166. The number of hydrogen-bond donors (Lipinski definition) is 1. The summed E-state index contributed by atoms with van der Waals surface area (Å²) in [5, 5.41) is 0. The van der Waals surface area contributed by atoms with Gasteiger partial charge in [0.2, 0.25) is 0 Å². The van der Waals surface area contributed by atoms with Crippen LogP contribution >= 0.6 is 22.6 Å². The van der Waals surface area contributed by atoms with Gasteiger partial charge in [-0.15, -0.1) is 0 Å². The predicted molar refractivity (Wildman–Crippen MR) is 70.6 cm³/mol. The van der Waals surface area contributed by atoms with E-state index in [1.165, 1.54) is 7.17 Å². The normalized spacial score (nSPS) is 25.5. The standard InChI is InChI=1S/C8H19B2IN2/c1-7(2,3)6-9-10-13(12-6)8(4,5)11/h6,9-10,12H,1-5H3. The molecule has 0 spiro atoms. The summed E-state index contributed by atoms with van der Waals surface area (Å²) in [6.07, 6.45) is 0. The van der Waals surface area contributed by atoms with E-state index in [9.17, 15) is 0 Å². The maximum absolute atomic E-state index is 3.60. The lowest BCUT2D eigenvalue weighted by Gasteiger charge is -2.35. The van der Waals surface area contributed by atoms with Gasteiger partial charge in [-0.3, -0.25) is 10.3 Å². The molecule has 1 aliphatic heterocycles. The van der Waals surface area contributed by atoms with Crippen LogP contribution in [0.5, 0.6) is 0 Å². The number of rotatable bonds is 1. The number of halogens is 1. The van der Waals surface area contributed by atoms with Crippen LogP contribution in [0.15, 0.2) is 0 Å². The van der Waals surface area contributed by atoms with Gasteiger partial charge >= 0.3 is 0 Å². The quantitative estimate of drug-likeness (QED) is 0.336. The minimum atomic E-state index is 0.220. The molecule has 1 heterocycles. The van der Waals surface area contributed by atoms with Crippen molar-refractivity contribution in [1.82, 2.24) is 10.3 Å². The Balaban J connectivity index is 2.55. The van der Waals surface area contributed by atoms with Crippen LogP contribution in [0.4, 0.5) is 0 Å². The second-order valence-corrected chi connectivity index (χ2v) is 8.04. The molecule has 1 rings (SSSR count). The summed E-state index contributed by atoms with van der Waals surface area (Å²) in [6.45, 7) is 11.4. The molecule has 5 heteroatoms. The Morgan fingerprint density at radius 3 is 2.00 bits per heavy atom. The molecule has 0 aliphatic carbocycles. The molecule has 0 saturated carbocycles. The molecule has 0 aromatic heterocycles. The molecule has 1 fully saturated rings. The average molecular weight is 292 g/mol. The molecule has 2 nitrogen and oxygen atoms in total. The number of hydrogen-bond acceptors (Lipinski definition) is 2. The topological polar surface area (TPSA) is 15.3 Å². The van der Waals surface area contributed by atoms with Gasteiger partial charge in [0.05, 0.1) is 3.55 Å². The van der Waals surface area contributed by atoms with Crippen molar-refractivity contribution in [3.8, 4) is 0 Å². The summed E-state index contributed by atoms with van der Waals surface area (Å²) in [4.78, 5) is 2.35. The highest BCUT2D eigenvalue weighted by Gasteiger charge is 2.37. The van der Waals surface area contributed by atoms with E-state index in [4.69, 9.17) is 0 Å². The number of nitrogens with one attached hydrogen (secondary N) is 1. The summed E-state index contributed by atoms with van der Waals surface area (Å²) in [7, 11) is 2.42. The van der Waals surface area contributed by atoms with Crippen LogP contribution in [0.1, 0.15) is 34.6 Å². The maximum Gasteiger partial charge on any atom is 0.190 e. The van der Waals surface area contributed by atoms with Crippen molar-refractivity contribution in [3.05, 3.63) is 0 Å². The zero-order chi connectivity index (χ0) is 10.3. The molecular weight excluding hydrogens is 273 g/mol. The summed E-state index contributed by atoms with van der Waals surface area (Å²) < 4.78 is 0.220. The number of hydrazine groups is 1. The van der Waals surface area contributed by atoms with Crippen LogP contribution in [0.3, 0.4) is 0 Å². The molecule has 0 bridgehead atoms. The van der Waals surface area contributed by atoms with Gasteiger partial charge in [0.1, 0.15) is 7.17 Å². The van der Waals surface area contributed by atoms with E-state index < -0.39 is 0 Å². The summed E-state index contributed by atoms with van der Waals surface area (Å²) in [5.74, 6) is 0.626. The summed E-state index contributed by atoms with van der Waals surface area (Å²) in [6, 6.07) is 0. The molecule has 1 N–H and O–H groups in total. The minimum Gasteiger partial charge on any atom is -0.283 e. The van der Waals surface area contributed by atoms with Crippen molar-refractivity contribution in [1.29, 1.82) is 0 Å². The highest BCUT2D eigenvalue weighted by Crippen LogP contribution is 2.27. The Kier molecular flexibility index (Phi) is 3.41. The lowest BCUT2D eigenvalue weighted by atomic mass is 9.41. The SMILES string of the molecule is CC(C)(C)C1BBN(C(C)(C)I)N1. The van der Waals surface area contributed by atoms with Gasteiger partial charge in [-0.05, 0) is 25.2 Å². The lowest BCUT2D eigenvalue weighted by Crippen LogP contribution is -2.49. The molecule has 74 valence electrons. The van der Waals surface area contributed by atoms with Crippen LogP contribution in [0, 0.1) is 5.41 Å². The Hall–Kier alpha value is 0.780. The van der Waals surface area contributed by atoms with Crippen molar-refractivity contribution in [3.63, 3.8) is 0 Å². The van der Waals surface area contributed by atoms with Crippen LogP contribution < -0.4 is 5.43 Å². The monoisotopic (exact) mass is 292 g/mol. The highest BCUT2D eigenvalue weighted by atomic mass is 127. The van der Waals surface area contributed by atoms with E-state index in [1.54, 1.807) is 0 Å². The van der Waals surface area contributed by atoms with E-state index in [-0.39, 0.29) is 3.55 Å². The molecule has 1 unspecified atom stereocenters. The maximum atomic E-state index is 3.60. The fraction of sp³-hybridized carbons (Fsp3) is 1.00. The van der Waals surface area contributed by atoms with Gasteiger partial charge < -0.3 is 0 Å². The van der Waals surface area contributed by atoms with Crippen molar-refractivity contribution in [2.45, 2.75) is 44.1 Å². The fourth-order valence-electron chi connectivity index (χ4n) is 1.62. The molecule has 0 aromatic rings. The van der Waals surface area contributed by atoms with Crippen molar-refractivity contribution >= 4 is 37.1 Å². The Labute approximate surface area is 96.8 Å². The third-order valence-electron chi connectivity index (χ3n) is 2.64. The minimum absolute atomic E-state index is 0.220. The summed E-state index contributed by atoms with van der Waals surface area (Å²) in [5.41, 5.74) is 3.97. The number of alkyl halides is 1. The average Bonchev–Trinajstić information content (AvgIpc) is 2.28. The van der Waals surface area contributed by atoms with E-state index in [0.717, 1.165) is 7.31 Å². The smallest absolute Gasteiger partial charge is 0.190 e. The van der Waals surface area contributed by atoms with Gasteiger partial charge in [0.25, 0.3) is 0 Å². The van der Waals surface area contributed by atoms with Crippen LogP contribution in [0.2, 0.25) is 0 Å². The summed E-state index contributed by atoms with van der Waals surface area (Å²) >= 11 is 2.48. The van der Waals surface area contributed by atoms with E-state index >= 15 is 0 Å². The Morgan fingerprint density at radius 2 is 1.77 bits per heavy atom. The second-order valence-electron chi connectivity index (χ2n) is 5.40. The van der Waals surface area contributed by atoms with Gasteiger partial charge in [0.15, 0.2) is 7.31 Å². The molecule has 1 saturated heterocycles. The van der Waals surface area contributed by atoms with Crippen molar-refractivity contribution in [2.24, 2.45) is 5.41 Å². The zero-order valence-electron chi connectivity index (χ0n) is 9.32. The van der Waals surface area contributed by atoms with Gasteiger partial charge in [-0.1, -0.05) is 43.4 Å². The molecule has 1 aliphatic rings. The second kappa shape index (κ2) is 3.74. The first-order chi connectivity index (χ1) is 5.71. The third-order valence-corrected chi connectivity index (χ3v) is 3.22. The fourth-order valence-corrected chi connectivity index (χ4v) is 2.00. The molecule has 13 heavy (non-hydrogen) atoms. The zero-order valence-corrected chi connectivity index (χ0v) is 11.5. The van der Waals surface area contributed by atoms with E-state index in [1.807, 2.05) is 0 Å². The first kappa shape index (κ1) is 11.9.